The van der Waals surface area contributed by atoms with Crippen molar-refractivity contribution in [3.05, 3.63) is 61.6 Å². The van der Waals surface area contributed by atoms with Crippen molar-refractivity contribution in [2.45, 2.75) is 6.61 Å². The second-order valence-electron chi connectivity index (χ2n) is 5.28. The lowest BCUT2D eigenvalue weighted by Crippen LogP contribution is -2.16. The highest BCUT2D eigenvalue weighted by Gasteiger charge is 2.27. The summed E-state index contributed by atoms with van der Waals surface area (Å²) in [6.45, 7) is -4.06. The lowest BCUT2D eigenvalue weighted by Gasteiger charge is -2.12. The molecule has 8 nitrogen and oxygen atoms in total. The highest BCUT2D eigenvalue weighted by Crippen LogP contribution is 2.36. The molecule has 2 aromatic rings. The van der Waals surface area contributed by atoms with Crippen molar-refractivity contribution in [3.8, 4) is 11.5 Å². The number of esters is 1. The van der Waals surface area contributed by atoms with Crippen LogP contribution in [-0.4, -0.2) is 37.0 Å². The summed E-state index contributed by atoms with van der Waals surface area (Å²) in [7, 11) is 1.08. The molecule has 0 heterocycles. The first-order valence-electron chi connectivity index (χ1n) is 7.60. The number of ether oxygens (including phenoxy) is 3. The molecule has 154 valence electrons. The summed E-state index contributed by atoms with van der Waals surface area (Å²) in [5, 5.41) is 11.5. The van der Waals surface area contributed by atoms with Gasteiger partial charge in [0.25, 0.3) is 5.69 Å². The number of hydrogen-bond acceptors (Lipinski definition) is 7. The number of hydrogen-bond donors (Lipinski definition) is 0. The number of halogens is 4. The van der Waals surface area contributed by atoms with Crippen molar-refractivity contribution in [2.75, 3.05) is 13.7 Å². The van der Waals surface area contributed by atoms with E-state index in [0.717, 1.165) is 13.2 Å². The molecule has 0 spiro atoms. The van der Waals surface area contributed by atoms with Crippen LogP contribution in [0.15, 0.2) is 30.3 Å². The Balaban J connectivity index is 2.27. The van der Waals surface area contributed by atoms with Crippen molar-refractivity contribution in [3.63, 3.8) is 0 Å². The molecule has 12 heteroatoms. The third kappa shape index (κ3) is 5.52. The molecule has 0 saturated carbocycles. The second-order valence-corrected chi connectivity index (χ2v) is 6.12. The maximum absolute atomic E-state index is 12.5. The van der Waals surface area contributed by atoms with Crippen LogP contribution in [0, 0.1) is 10.1 Å². The zero-order valence-electron chi connectivity index (χ0n) is 14.5. The lowest BCUT2D eigenvalue weighted by molar-refractivity contribution is -0.385. The fraction of sp³-hybridized carbons (Fsp3) is 0.176. The van der Waals surface area contributed by atoms with Gasteiger partial charge >= 0.3 is 12.6 Å². The topological polar surface area (TPSA) is 105 Å². The fourth-order valence-electron chi connectivity index (χ4n) is 2.21. The normalized spacial score (nSPS) is 10.6. The minimum atomic E-state index is -3.27. The Hall–Kier alpha value is -2.98. The van der Waals surface area contributed by atoms with Gasteiger partial charge in [0.05, 0.1) is 23.1 Å². The van der Waals surface area contributed by atoms with E-state index in [2.05, 4.69) is 4.74 Å². The Bertz CT molecular complexity index is 969. The number of nitrogens with zero attached hydrogens (tertiary/aromatic N) is 1. The predicted molar refractivity (Wildman–Crippen MR) is 97.4 cm³/mol. The molecule has 2 aromatic carbocycles. The molecule has 0 N–H and O–H groups in total. The van der Waals surface area contributed by atoms with E-state index in [1.165, 1.54) is 18.2 Å². The fourth-order valence-corrected chi connectivity index (χ4v) is 2.73. The van der Waals surface area contributed by atoms with Gasteiger partial charge in [0.2, 0.25) is 5.78 Å². The van der Waals surface area contributed by atoms with Gasteiger partial charge in [-0.25, -0.2) is 4.79 Å². The predicted octanol–water partition coefficient (Wildman–Crippen LogP) is 4.55. The summed E-state index contributed by atoms with van der Waals surface area (Å²) < 4.78 is 38.7. The molecular formula is C17H11Cl2F2NO7. The summed E-state index contributed by atoms with van der Waals surface area (Å²) >= 11 is 11.6. The highest BCUT2D eigenvalue weighted by atomic mass is 35.5. The summed E-state index contributed by atoms with van der Waals surface area (Å²) in [4.78, 5) is 34.7. The molecule has 0 radical (unpaired) electrons. The van der Waals surface area contributed by atoms with E-state index in [1.54, 1.807) is 0 Å². The van der Waals surface area contributed by atoms with E-state index in [9.17, 15) is 28.5 Å². The number of nitro groups is 1. The first kappa shape index (κ1) is 22.3. The van der Waals surface area contributed by atoms with Gasteiger partial charge in [-0.3, -0.25) is 14.9 Å². The third-order valence-electron chi connectivity index (χ3n) is 3.48. The van der Waals surface area contributed by atoms with Crippen LogP contribution in [-0.2, 0) is 4.74 Å². The number of methoxy groups -OCH3 is 1. The molecule has 0 atom stereocenters. The molecule has 0 fully saturated rings. The first-order valence-corrected chi connectivity index (χ1v) is 8.36. The largest absolute Gasteiger partial charge is 0.493 e. The van der Waals surface area contributed by atoms with Gasteiger partial charge in [-0.15, -0.1) is 0 Å². The number of rotatable bonds is 8. The number of carbonyl (C=O) groups is 2. The Morgan fingerprint density at radius 2 is 1.83 bits per heavy atom. The van der Waals surface area contributed by atoms with Gasteiger partial charge in [0, 0.05) is 16.7 Å². The number of alkyl halides is 2. The molecule has 0 aliphatic heterocycles. The molecule has 0 amide bonds. The minimum absolute atomic E-state index is 0.0247. The number of nitro benzene ring substituents is 1. The Morgan fingerprint density at radius 1 is 1.14 bits per heavy atom. The van der Waals surface area contributed by atoms with Gasteiger partial charge in [0.15, 0.2) is 18.1 Å². The van der Waals surface area contributed by atoms with Gasteiger partial charge in [-0.05, 0) is 18.2 Å². The molecule has 2 rings (SSSR count). The summed E-state index contributed by atoms with van der Waals surface area (Å²) in [6, 6.07) is 5.44. The van der Waals surface area contributed by atoms with Gasteiger partial charge in [-0.1, -0.05) is 23.2 Å². The Labute approximate surface area is 172 Å². The van der Waals surface area contributed by atoms with Crippen molar-refractivity contribution < 1.29 is 37.5 Å². The molecule has 0 unspecified atom stereocenters. The maximum atomic E-state index is 12.5. The standard InChI is InChI=1S/C17H11Cl2F2NO7/c1-27-14-5-10(12(22(25)26)6-15(14)29-17(20)21)16(24)28-7-13(23)9-3-2-8(18)4-11(9)19/h2-6,17H,7H2,1H3. The minimum Gasteiger partial charge on any atom is -0.493 e. The van der Waals surface area contributed by atoms with Crippen LogP contribution < -0.4 is 9.47 Å². The summed E-state index contributed by atoms with van der Waals surface area (Å²) in [5.74, 6) is -2.95. The van der Waals surface area contributed by atoms with Crippen LogP contribution >= 0.6 is 23.2 Å². The first-order chi connectivity index (χ1) is 13.6. The Morgan fingerprint density at radius 3 is 2.38 bits per heavy atom. The van der Waals surface area contributed by atoms with E-state index < -0.39 is 46.9 Å². The quantitative estimate of drug-likeness (QED) is 0.252. The average molecular weight is 450 g/mol. The highest BCUT2D eigenvalue weighted by molar-refractivity contribution is 6.36. The van der Waals surface area contributed by atoms with Crippen LogP contribution in [0.4, 0.5) is 14.5 Å². The number of benzene rings is 2. The van der Waals surface area contributed by atoms with Crippen molar-refractivity contribution in [1.29, 1.82) is 0 Å². The monoisotopic (exact) mass is 449 g/mol. The van der Waals surface area contributed by atoms with Crippen LogP contribution in [0.5, 0.6) is 11.5 Å². The zero-order valence-corrected chi connectivity index (χ0v) is 16.0. The van der Waals surface area contributed by atoms with Crippen molar-refractivity contribution in [1.82, 2.24) is 0 Å². The van der Waals surface area contributed by atoms with Crippen LogP contribution in [0.25, 0.3) is 0 Å². The molecule has 0 bridgehead atoms. The Kier molecular flexibility index (Phi) is 7.29. The number of ketones is 1. The van der Waals surface area contributed by atoms with Gasteiger partial charge < -0.3 is 14.2 Å². The molecular weight excluding hydrogens is 439 g/mol. The van der Waals surface area contributed by atoms with Crippen LogP contribution in [0.2, 0.25) is 10.0 Å². The molecule has 29 heavy (non-hydrogen) atoms. The number of carbonyl (C=O) groups excluding carboxylic acids is 2. The molecule has 0 aliphatic rings. The summed E-state index contributed by atoms with van der Waals surface area (Å²) in [5.41, 5.74) is -1.47. The third-order valence-corrected chi connectivity index (χ3v) is 4.03. The summed E-state index contributed by atoms with van der Waals surface area (Å²) in [6.07, 6.45) is 0. The van der Waals surface area contributed by atoms with Gasteiger partial charge in [-0.2, -0.15) is 8.78 Å². The molecule has 0 aliphatic carbocycles. The zero-order chi connectivity index (χ0) is 21.7. The van der Waals surface area contributed by atoms with E-state index in [1.807, 2.05) is 0 Å². The van der Waals surface area contributed by atoms with Crippen molar-refractivity contribution >= 4 is 40.6 Å². The average Bonchev–Trinajstić information content (AvgIpc) is 2.64. The van der Waals surface area contributed by atoms with Crippen molar-refractivity contribution in [2.24, 2.45) is 0 Å². The molecule has 0 saturated heterocycles. The van der Waals surface area contributed by atoms with E-state index in [0.29, 0.717) is 6.07 Å². The lowest BCUT2D eigenvalue weighted by atomic mass is 10.1. The van der Waals surface area contributed by atoms with Crippen LogP contribution in [0.3, 0.4) is 0 Å². The van der Waals surface area contributed by atoms with Gasteiger partial charge in [0.1, 0.15) is 5.56 Å². The van der Waals surface area contributed by atoms with E-state index >= 15 is 0 Å². The second kappa shape index (κ2) is 9.48. The maximum Gasteiger partial charge on any atom is 0.387 e. The SMILES string of the molecule is COc1cc(C(=O)OCC(=O)c2ccc(Cl)cc2Cl)c([N+](=O)[O-])cc1OC(F)F. The molecule has 0 aromatic heterocycles. The van der Waals surface area contributed by atoms with E-state index in [4.69, 9.17) is 32.7 Å². The number of Topliss-reactive ketones (excluding diaryl/α,β-unsaturated/α-hetero) is 1. The van der Waals surface area contributed by atoms with E-state index in [-0.39, 0.29) is 21.4 Å². The van der Waals surface area contributed by atoms with Crippen LogP contribution in [0.1, 0.15) is 20.7 Å². The smallest absolute Gasteiger partial charge is 0.387 e.